The standard InChI is InChI=1S/C31H24N3OSi.C11H8N.Ir/c1-36(2,3)21-16-17-22-23-13-9-14-25(30(23)35-28(22)18-21)31-33-27-19-32-26-15-8-7-12-24(26)29(27)34(31)20-10-5-4-6-11-20;1-2-6-10(7-3-1)11-8-4-5-9-12-11;/h4-13,15-19H,1-3H3;1-6,8-9H;/q2*-1;. The van der Waals surface area contributed by atoms with Crippen molar-refractivity contribution in [1.82, 2.24) is 19.5 Å². The molecule has 4 aromatic heterocycles. The second-order valence-corrected chi connectivity index (χ2v) is 17.8. The predicted molar refractivity (Wildman–Crippen MR) is 199 cm³/mol. The van der Waals surface area contributed by atoms with E-state index in [4.69, 9.17) is 9.40 Å². The Morgan fingerprint density at radius 3 is 2.24 bits per heavy atom. The van der Waals surface area contributed by atoms with Gasteiger partial charge in [0.15, 0.2) is 0 Å². The number of nitrogens with zero attached hydrogens (tertiary/aromatic N) is 4. The van der Waals surface area contributed by atoms with Gasteiger partial charge in [0.2, 0.25) is 0 Å². The van der Waals surface area contributed by atoms with Gasteiger partial charge in [-0.1, -0.05) is 96.4 Å². The minimum atomic E-state index is -1.47. The number of benzene rings is 5. The predicted octanol–water partition coefficient (Wildman–Crippen LogP) is 10.0. The number of imidazole rings is 1. The first-order chi connectivity index (χ1) is 23.5. The van der Waals surface area contributed by atoms with Crippen molar-refractivity contribution >= 4 is 57.1 Å². The molecule has 0 aliphatic heterocycles. The van der Waals surface area contributed by atoms with Gasteiger partial charge in [0, 0.05) is 42.8 Å². The molecular formula is C42H32IrN4OSi-2. The van der Waals surface area contributed by atoms with E-state index in [1.54, 1.807) is 6.20 Å². The van der Waals surface area contributed by atoms with Crippen LogP contribution in [-0.2, 0) is 20.1 Å². The van der Waals surface area contributed by atoms with Crippen LogP contribution < -0.4 is 5.19 Å². The van der Waals surface area contributed by atoms with Gasteiger partial charge in [0.25, 0.3) is 0 Å². The van der Waals surface area contributed by atoms with Gasteiger partial charge in [-0.05, 0) is 36.0 Å². The van der Waals surface area contributed by atoms with Gasteiger partial charge in [-0.25, -0.2) is 0 Å². The second kappa shape index (κ2) is 13.4. The largest absolute Gasteiger partial charge is 0.501 e. The van der Waals surface area contributed by atoms with Crippen LogP contribution in [0.5, 0.6) is 0 Å². The van der Waals surface area contributed by atoms with E-state index >= 15 is 0 Å². The van der Waals surface area contributed by atoms with Crippen molar-refractivity contribution < 1.29 is 24.5 Å². The SMILES string of the molecule is C[Si](C)(C)c1ccc2c(c1)oc1c(-c3nc4cnc5ccccc5c4n3-c3ccccc3)[c-]ccc12.[Ir].[c-]1ccccc1-c1ccccn1. The van der Waals surface area contributed by atoms with E-state index in [1.165, 1.54) is 5.19 Å². The van der Waals surface area contributed by atoms with E-state index < -0.39 is 8.07 Å². The van der Waals surface area contributed by atoms with Gasteiger partial charge in [-0.2, -0.15) is 0 Å². The zero-order valence-electron chi connectivity index (χ0n) is 27.3. The van der Waals surface area contributed by atoms with Crippen molar-refractivity contribution in [2.24, 2.45) is 0 Å². The van der Waals surface area contributed by atoms with E-state index in [2.05, 4.69) is 101 Å². The number of para-hydroxylation sites is 2. The Bertz CT molecular complexity index is 2500. The van der Waals surface area contributed by atoms with Crippen LogP contribution in [0.4, 0.5) is 0 Å². The van der Waals surface area contributed by atoms with Crippen LogP contribution in [0.15, 0.2) is 144 Å². The summed E-state index contributed by atoms with van der Waals surface area (Å²) in [6, 6.07) is 49.6. The molecule has 241 valence electrons. The smallest absolute Gasteiger partial charge is 0.120 e. The first kappa shape index (κ1) is 32.3. The molecule has 0 amide bonds. The summed E-state index contributed by atoms with van der Waals surface area (Å²) < 4.78 is 8.78. The third-order valence-corrected chi connectivity index (χ3v) is 10.6. The molecule has 1 radical (unpaired) electrons. The molecule has 0 fully saturated rings. The Labute approximate surface area is 299 Å². The first-order valence-corrected chi connectivity index (χ1v) is 19.5. The molecule has 0 saturated heterocycles. The van der Waals surface area contributed by atoms with Crippen molar-refractivity contribution in [2.75, 3.05) is 0 Å². The molecule has 9 aromatic rings. The molecular weight excluding hydrogens is 797 g/mol. The number of fused-ring (bicyclic) bond motifs is 6. The number of pyridine rings is 2. The van der Waals surface area contributed by atoms with E-state index in [9.17, 15) is 0 Å². The maximum atomic E-state index is 6.57. The molecule has 9 rings (SSSR count). The molecule has 0 unspecified atom stereocenters. The zero-order valence-corrected chi connectivity index (χ0v) is 30.7. The second-order valence-electron chi connectivity index (χ2n) is 12.8. The first-order valence-electron chi connectivity index (χ1n) is 16.0. The topological polar surface area (TPSA) is 56.7 Å². The van der Waals surface area contributed by atoms with Crippen molar-refractivity contribution in [2.45, 2.75) is 19.6 Å². The zero-order chi connectivity index (χ0) is 32.7. The third kappa shape index (κ3) is 6.13. The van der Waals surface area contributed by atoms with E-state index in [-0.39, 0.29) is 20.1 Å². The molecule has 5 aromatic carbocycles. The van der Waals surface area contributed by atoms with Crippen LogP contribution in [0, 0.1) is 12.1 Å². The number of aromatic nitrogens is 4. The summed E-state index contributed by atoms with van der Waals surface area (Å²) in [5.74, 6) is 0.796. The monoisotopic (exact) mass is 829 g/mol. The summed E-state index contributed by atoms with van der Waals surface area (Å²) in [6.45, 7) is 7.07. The number of hydrogen-bond acceptors (Lipinski definition) is 4. The fourth-order valence-electron chi connectivity index (χ4n) is 6.15. The molecule has 0 saturated carbocycles. The minimum absolute atomic E-state index is 0. The molecule has 0 N–H and O–H groups in total. The van der Waals surface area contributed by atoms with E-state index in [0.29, 0.717) is 0 Å². The van der Waals surface area contributed by atoms with Crippen LogP contribution >= 0.6 is 0 Å². The average Bonchev–Trinajstić information content (AvgIpc) is 3.71. The summed E-state index contributed by atoms with van der Waals surface area (Å²) in [5.41, 5.74) is 8.44. The summed E-state index contributed by atoms with van der Waals surface area (Å²) in [4.78, 5) is 14.0. The van der Waals surface area contributed by atoms with Crippen LogP contribution in [0.3, 0.4) is 0 Å². The Hall–Kier alpha value is -5.20. The summed E-state index contributed by atoms with van der Waals surface area (Å²) in [5, 5.41) is 4.65. The summed E-state index contributed by atoms with van der Waals surface area (Å²) in [7, 11) is -1.47. The van der Waals surface area contributed by atoms with Gasteiger partial charge in [-0.3, -0.25) is 9.97 Å². The average molecular weight is 829 g/mol. The molecule has 0 atom stereocenters. The van der Waals surface area contributed by atoms with Crippen molar-refractivity contribution in [3.8, 4) is 28.3 Å². The molecule has 0 spiro atoms. The Balaban J connectivity index is 0.000000246. The van der Waals surface area contributed by atoms with Crippen molar-refractivity contribution in [3.63, 3.8) is 0 Å². The van der Waals surface area contributed by atoms with E-state index in [1.807, 2.05) is 79.0 Å². The molecule has 7 heteroatoms. The van der Waals surface area contributed by atoms with Gasteiger partial charge >= 0.3 is 0 Å². The van der Waals surface area contributed by atoms with Crippen molar-refractivity contribution in [3.05, 3.63) is 152 Å². The molecule has 0 bridgehead atoms. The fourth-order valence-corrected chi connectivity index (χ4v) is 7.30. The number of furan rings is 1. The molecule has 0 aliphatic carbocycles. The maximum absolute atomic E-state index is 6.57. The molecule has 0 aliphatic rings. The molecule has 49 heavy (non-hydrogen) atoms. The quantitative estimate of drug-likeness (QED) is 0.131. The molecule has 4 heterocycles. The fraction of sp³-hybridized carbons (Fsp3) is 0.0714. The number of rotatable bonds is 4. The van der Waals surface area contributed by atoms with Crippen LogP contribution in [0.2, 0.25) is 19.6 Å². The minimum Gasteiger partial charge on any atom is -0.501 e. The van der Waals surface area contributed by atoms with Crippen LogP contribution in [0.25, 0.3) is 72.2 Å². The van der Waals surface area contributed by atoms with E-state index in [0.717, 1.165) is 72.2 Å². The Morgan fingerprint density at radius 2 is 1.47 bits per heavy atom. The van der Waals surface area contributed by atoms with Gasteiger partial charge < -0.3 is 14.0 Å². The summed E-state index contributed by atoms with van der Waals surface area (Å²) in [6.07, 6.45) is 3.65. The van der Waals surface area contributed by atoms with Gasteiger partial charge in [0.1, 0.15) is 5.58 Å². The van der Waals surface area contributed by atoms with Crippen LogP contribution in [-0.4, -0.2) is 27.6 Å². The van der Waals surface area contributed by atoms with Gasteiger partial charge in [-0.15, -0.1) is 54.1 Å². The maximum Gasteiger partial charge on any atom is 0.120 e. The Morgan fingerprint density at radius 1 is 0.673 bits per heavy atom. The summed E-state index contributed by atoms with van der Waals surface area (Å²) >= 11 is 0. The Kier molecular flexibility index (Phi) is 8.82. The normalized spacial score (nSPS) is 11.4. The van der Waals surface area contributed by atoms with Crippen LogP contribution in [0.1, 0.15) is 0 Å². The van der Waals surface area contributed by atoms with Crippen molar-refractivity contribution in [1.29, 1.82) is 0 Å². The van der Waals surface area contributed by atoms with Gasteiger partial charge in [0.05, 0.1) is 42.2 Å². The third-order valence-electron chi connectivity index (χ3n) is 8.58. The number of hydrogen-bond donors (Lipinski definition) is 0. The molecule has 5 nitrogen and oxygen atoms in total.